The van der Waals surface area contributed by atoms with Crippen LogP contribution >= 0.6 is 0 Å². The van der Waals surface area contributed by atoms with Crippen molar-refractivity contribution in [1.29, 1.82) is 0 Å². The quantitative estimate of drug-likeness (QED) is 0.931. The summed E-state index contributed by atoms with van der Waals surface area (Å²) in [6.07, 6.45) is 0. The second kappa shape index (κ2) is 7.45. The molecule has 2 aromatic rings. The van der Waals surface area contributed by atoms with E-state index in [9.17, 15) is 9.59 Å². The molecule has 0 spiro atoms. The molecule has 5 nitrogen and oxygen atoms in total. The van der Waals surface area contributed by atoms with Crippen LogP contribution in [0.3, 0.4) is 0 Å². The first kappa shape index (κ1) is 16.5. The fraction of sp³-hybridized carbons (Fsp3) is 0.368. The van der Waals surface area contributed by atoms with Gasteiger partial charge < -0.3 is 10.2 Å². The Labute approximate surface area is 142 Å². The lowest BCUT2D eigenvalue weighted by atomic mass is 10.1. The maximum absolute atomic E-state index is 12.7. The molecule has 1 N–H and O–H groups in total. The van der Waals surface area contributed by atoms with E-state index in [2.05, 4.69) is 10.2 Å². The van der Waals surface area contributed by atoms with Crippen LogP contribution in [0, 0.1) is 0 Å². The van der Waals surface area contributed by atoms with Gasteiger partial charge in [0.1, 0.15) is 0 Å². The Morgan fingerprint density at radius 2 is 1.71 bits per heavy atom. The smallest absolute Gasteiger partial charge is 0.253 e. The summed E-state index contributed by atoms with van der Waals surface area (Å²) < 4.78 is 0. The molecule has 1 fully saturated rings. The molecule has 0 bridgehead atoms. The van der Waals surface area contributed by atoms with Crippen molar-refractivity contribution in [3.05, 3.63) is 48.0 Å². The summed E-state index contributed by atoms with van der Waals surface area (Å²) >= 11 is 0. The first-order valence-corrected chi connectivity index (χ1v) is 8.44. The highest BCUT2D eigenvalue weighted by molar-refractivity contribution is 5.98. The zero-order valence-corrected chi connectivity index (χ0v) is 14.0. The van der Waals surface area contributed by atoms with Gasteiger partial charge in [-0.1, -0.05) is 30.3 Å². The number of fused-ring (bicyclic) bond motifs is 1. The molecule has 0 aliphatic carbocycles. The number of carbonyl (C=O) groups is 2. The number of hydrogen-bond donors (Lipinski definition) is 1. The van der Waals surface area contributed by atoms with Crippen molar-refractivity contribution in [3.8, 4) is 0 Å². The molecule has 1 aliphatic rings. The molecule has 1 heterocycles. The fourth-order valence-electron chi connectivity index (χ4n) is 3.07. The molecular formula is C19H23N3O2. The van der Waals surface area contributed by atoms with E-state index in [0.29, 0.717) is 26.2 Å². The van der Waals surface area contributed by atoms with Crippen LogP contribution < -0.4 is 5.32 Å². The molecule has 0 atom stereocenters. The van der Waals surface area contributed by atoms with E-state index >= 15 is 0 Å². The number of hydrogen-bond acceptors (Lipinski definition) is 3. The number of piperazine rings is 1. The van der Waals surface area contributed by atoms with Gasteiger partial charge in [-0.3, -0.25) is 14.5 Å². The maximum atomic E-state index is 12.7. The summed E-state index contributed by atoms with van der Waals surface area (Å²) in [4.78, 5) is 28.3. The van der Waals surface area contributed by atoms with Crippen LogP contribution in [0.25, 0.3) is 10.8 Å². The number of nitrogens with one attached hydrogen (secondary N) is 1. The predicted molar refractivity (Wildman–Crippen MR) is 95.0 cm³/mol. The maximum Gasteiger partial charge on any atom is 0.253 e. The van der Waals surface area contributed by atoms with Crippen LogP contribution in [-0.4, -0.2) is 60.9 Å². The van der Waals surface area contributed by atoms with E-state index < -0.39 is 0 Å². The molecule has 0 unspecified atom stereocenters. The third-order valence-corrected chi connectivity index (χ3v) is 4.40. The van der Waals surface area contributed by atoms with E-state index in [1.165, 1.54) is 0 Å². The molecule has 126 valence electrons. The lowest BCUT2D eigenvalue weighted by molar-refractivity contribution is -0.122. The van der Waals surface area contributed by atoms with Gasteiger partial charge in [-0.05, 0) is 29.8 Å². The van der Waals surface area contributed by atoms with Crippen LogP contribution in [0.1, 0.15) is 17.3 Å². The van der Waals surface area contributed by atoms with Gasteiger partial charge in [-0.15, -0.1) is 0 Å². The Kier molecular flexibility index (Phi) is 5.11. The van der Waals surface area contributed by atoms with Crippen molar-refractivity contribution in [2.75, 3.05) is 39.3 Å². The second-order valence-electron chi connectivity index (χ2n) is 6.08. The lowest BCUT2D eigenvalue weighted by Gasteiger charge is -2.34. The largest absolute Gasteiger partial charge is 0.355 e. The van der Waals surface area contributed by atoms with Crippen LogP contribution in [0.4, 0.5) is 0 Å². The minimum absolute atomic E-state index is 0.0480. The van der Waals surface area contributed by atoms with E-state index in [1.54, 1.807) is 0 Å². The third-order valence-electron chi connectivity index (χ3n) is 4.40. The predicted octanol–water partition coefficient (Wildman–Crippen LogP) is 1.73. The van der Waals surface area contributed by atoms with Crippen molar-refractivity contribution >= 4 is 22.6 Å². The summed E-state index contributed by atoms with van der Waals surface area (Å²) in [6, 6.07) is 13.9. The van der Waals surface area contributed by atoms with Crippen LogP contribution in [-0.2, 0) is 4.79 Å². The first-order chi connectivity index (χ1) is 11.7. The minimum Gasteiger partial charge on any atom is -0.355 e. The Morgan fingerprint density at radius 1 is 1.00 bits per heavy atom. The average molecular weight is 325 g/mol. The number of likely N-dealkylation sites (N-methyl/N-ethyl adjacent to an activating group) is 1. The molecule has 0 radical (unpaired) electrons. The minimum atomic E-state index is 0.0480. The fourth-order valence-corrected chi connectivity index (χ4v) is 3.07. The monoisotopic (exact) mass is 325 g/mol. The van der Waals surface area contributed by atoms with Crippen molar-refractivity contribution in [3.63, 3.8) is 0 Å². The van der Waals surface area contributed by atoms with Crippen molar-refractivity contribution < 1.29 is 9.59 Å². The van der Waals surface area contributed by atoms with Gasteiger partial charge in [0.25, 0.3) is 5.91 Å². The molecule has 0 saturated carbocycles. The van der Waals surface area contributed by atoms with E-state index in [4.69, 9.17) is 0 Å². The molecule has 0 aromatic heterocycles. The van der Waals surface area contributed by atoms with E-state index in [0.717, 1.165) is 29.4 Å². The van der Waals surface area contributed by atoms with Crippen molar-refractivity contribution in [1.82, 2.24) is 15.1 Å². The number of benzene rings is 2. The highest BCUT2D eigenvalue weighted by atomic mass is 16.2. The zero-order valence-electron chi connectivity index (χ0n) is 14.0. The standard InChI is InChI=1S/C19H23N3O2/c1-2-20-18(23)14-21-9-11-22(12-10-21)19(24)17-8-7-15-5-3-4-6-16(15)13-17/h3-8,13H,2,9-12,14H2,1H3,(H,20,23). The van der Waals surface area contributed by atoms with Crippen LogP contribution in [0.2, 0.25) is 0 Å². The highest BCUT2D eigenvalue weighted by Crippen LogP contribution is 2.17. The normalized spacial score (nSPS) is 15.5. The number of rotatable bonds is 4. The molecule has 5 heteroatoms. The van der Waals surface area contributed by atoms with Gasteiger partial charge in [0.15, 0.2) is 0 Å². The van der Waals surface area contributed by atoms with Crippen LogP contribution in [0.5, 0.6) is 0 Å². The van der Waals surface area contributed by atoms with Gasteiger partial charge in [0.2, 0.25) is 5.91 Å². The Morgan fingerprint density at radius 3 is 2.42 bits per heavy atom. The van der Waals surface area contributed by atoms with Crippen LogP contribution in [0.15, 0.2) is 42.5 Å². The SMILES string of the molecule is CCNC(=O)CN1CCN(C(=O)c2ccc3ccccc3c2)CC1. The molecule has 1 saturated heterocycles. The molecule has 2 amide bonds. The number of nitrogens with zero attached hydrogens (tertiary/aromatic N) is 2. The molecule has 24 heavy (non-hydrogen) atoms. The highest BCUT2D eigenvalue weighted by Gasteiger charge is 2.23. The number of carbonyl (C=O) groups excluding carboxylic acids is 2. The van der Waals surface area contributed by atoms with Gasteiger partial charge in [0.05, 0.1) is 6.54 Å². The molecular weight excluding hydrogens is 302 g/mol. The summed E-state index contributed by atoms with van der Waals surface area (Å²) in [7, 11) is 0. The Hall–Kier alpha value is -2.40. The topological polar surface area (TPSA) is 52.7 Å². The van der Waals surface area contributed by atoms with E-state index in [1.807, 2.05) is 54.3 Å². The summed E-state index contributed by atoms with van der Waals surface area (Å²) in [5.41, 5.74) is 0.728. The Bertz CT molecular complexity index is 736. The second-order valence-corrected chi connectivity index (χ2v) is 6.08. The van der Waals surface area contributed by atoms with Crippen molar-refractivity contribution in [2.24, 2.45) is 0 Å². The summed E-state index contributed by atoms with van der Waals surface area (Å²) in [6.45, 7) is 5.76. The van der Waals surface area contributed by atoms with Gasteiger partial charge >= 0.3 is 0 Å². The number of amides is 2. The molecule has 2 aromatic carbocycles. The average Bonchev–Trinajstić information content (AvgIpc) is 2.61. The van der Waals surface area contributed by atoms with Gasteiger partial charge in [-0.25, -0.2) is 0 Å². The summed E-state index contributed by atoms with van der Waals surface area (Å²) in [5, 5.41) is 5.03. The Balaban J connectivity index is 1.61. The summed E-state index contributed by atoms with van der Waals surface area (Å²) in [5.74, 6) is 0.116. The molecule has 3 rings (SSSR count). The van der Waals surface area contributed by atoms with E-state index in [-0.39, 0.29) is 11.8 Å². The van der Waals surface area contributed by atoms with Gasteiger partial charge in [0, 0.05) is 38.3 Å². The lowest BCUT2D eigenvalue weighted by Crippen LogP contribution is -2.51. The zero-order chi connectivity index (χ0) is 16.9. The molecule has 1 aliphatic heterocycles. The van der Waals surface area contributed by atoms with Crippen molar-refractivity contribution in [2.45, 2.75) is 6.92 Å². The third kappa shape index (κ3) is 3.74. The van der Waals surface area contributed by atoms with Gasteiger partial charge in [-0.2, -0.15) is 0 Å². The first-order valence-electron chi connectivity index (χ1n) is 8.44.